The monoisotopic (exact) mass is 328 g/mol. The summed E-state index contributed by atoms with van der Waals surface area (Å²) in [7, 11) is 0. The first kappa shape index (κ1) is 15.6. The molecule has 3 aromatic rings. The van der Waals surface area contributed by atoms with E-state index in [4.69, 9.17) is 22.1 Å². The number of benzene rings is 2. The fraction of sp³-hybridized carbons (Fsp3) is 0.167. The fourth-order valence-electron chi connectivity index (χ4n) is 2.51. The Balaban J connectivity index is 1.61. The number of hydrogen-bond acceptors (Lipinski definition) is 3. The lowest BCUT2D eigenvalue weighted by Crippen LogP contribution is -2.34. The fourth-order valence-corrected chi connectivity index (χ4v) is 2.72. The lowest BCUT2D eigenvalue weighted by molar-refractivity contribution is -0.146. The maximum absolute atomic E-state index is 12.1. The molecule has 23 heavy (non-hydrogen) atoms. The average molecular weight is 329 g/mol. The number of hydrogen-bond donors (Lipinski definition) is 2. The average Bonchev–Trinajstić information content (AvgIpc) is 2.96. The molecule has 0 unspecified atom stereocenters. The number of H-pyrrole nitrogens is 1. The predicted molar refractivity (Wildman–Crippen MR) is 91.2 cm³/mol. The molecule has 0 aliphatic rings. The molecule has 0 amide bonds. The van der Waals surface area contributed by atoms with Crippen LogP contribution in [-0.2, 0) is 22.6 Å². The van der Waals surface area contributed by atoms with E-state index in [1.54, 1.807) is 12.1 Å². The van der Waals surface area contributed by atoms with Gasteiger partial charge in [-0.3, -0.25) is 4.79 Å². The second-order valence-electron chi connectivity index (χ2n) is 5.41. The Morgan fingerprint density at radius 2 is 2.04 bits per heavy atom. The van der Waals surface area contributed by atoms with Crippen LogP contribution in [0.25, 0.3) is 10.9 Å². The van der Waals surface area contributed by atoms with Crippen molar-refractivity contribution in [1.82, 2.24) is 4.98 Å². The Hall–Kier alpha value is -2.30. The smallest absolute Gasteiger partial charge is 0.323 e. The van der Waals surface area contributed by atoms with Crippen LogP contribution in [0.5, 0.6) is 0 Å². The van der Waals surface area contributed by atoms with Gasteiger partial charge in [-0.2, -0.15) is 0 Å². The van der Waals surface area contributed by atoms with Crippen molar-refractivity contribution in [3.63, 3.8) is 0 Å². The molecule has 0 aliphatic heterocycles. The Kier molecular flexibility index (Phi) is 4.65. The quantitative estimate of drug-likeness (QED) is 0.705. The van der Waals surface area contributed by atoms with E-state index in [1.165, 1.54) is 0 Å². The van der Waals surface area contributed by atoms with Crippen molar-refractivity contribution < 1.29 is 9.53 Å². The largest absolute Gasteiger partial charge is 0.460 e. The molecule has 1 atom stereocenters. The molecule has 3 N–H and O–H groups in total. The maximum atomic E-state index is 12.1. The highest BCUT2D eigenvalue weighted by molar-refractivity contribution is 6.30. The standard InChI is InChI=1S/C18H17ClN2O2/c19-14-5-3-4-12(8-14)11-23-18(22)16(20)9-13-10-21-17-7-2-1-6-15(13)17/h1-8,10,16,21H,9,11,20H2/t16-/m0/s1. The van der Waals surface area contributed by atoms with Gasteiger partial charge in [-0.25, -0.2) is 0 Å². The number of rotatable bonds is 5. The van der Waals surface area contributed by atoms with Crippen LogP contribution in [0.1, 0.15) is 11.1 Å². The zero-order valence-electron chi connectivity index (χ0n) is 12.5. The van der Waals surface area contributed by atoms with E-state index in [0.29, 0.717) is 11.4 Å². The molecule has 118 valence electrons. The SMILES string of the molecule is N[C@@H](Cc1c[nH]c2ccccc12)C(=O)OCc1cccc(Cl)c1. The van der Waals surface area contributed by atoms with Crippen LogP contribution in [0.15, 0.2) is 54.7 Å². The Morgan fingerprint density at radius 1 is 1.22 bits per heavy atom. The minimum Gasteiger partial charge on any atom is -0.460 e. The first-order valence-corrected chi connectivity index (χ1v) is 7.73. The van der Waals surface area contributed by atoms with E-state index in [0.717, 1.165) is 22.0 Å². The van der Waals surface area contributed by atoms with Crippen molar-refractivity contribution in [3.05, 3.63) is 70.9 Å². The summed E-state index contributed by atoms with van der Waals surface area (Å²) in [6, 6.07) is 14.4. The highest BCUT2D eigenvalue weighted by atomic mass is 35.5. The number of aromatic amines is 1. The van der Waals surface area contributed by atoms with Crippen LogP contribution in [0.3, 0.4) is 0 Å². The number of para-hydroxylation sites is 1. The molecule has 0 saturated carbocycles. The summed E-state index contributed by atoms with van der Waals surface area (Å²) < 4.78 is 5.27. The van der Waals surface area contributed by atoms with Gasteiger partial charge in [-0.05, 0) is 29.3 Å². The van der Waals surface area contributed by atoms with E-state index in [1.807, 2.05) is 42.6 Å². The van der Waals surface area contributed by atoms with Gasteiger partial charge in [0.1, 0.15) is 12.6 Å². The van der Waals surface area contributed by atoms with Gasteiger partial charge in [-0.1, -0.05) is 41.9 Å². The van der Waals surface area contributed by atoms with Crippen LogP contribution in [-0.4, -0.2) is 17.0 Å². The summed E-state index contributed by atoms with van der Waals surface area (Å²) in [5, 5.41) is 1.69. The molecule has 0 fully saturated rings. The molecule has 0 saturated heterocycles. The van der Waals surface area contributed by atoms with Crippen LogP contribution in [0, 0.1) is 0 Å². The van der Waals surface area contributed by atoms with Crippen molar-refractivity contribution in [3.8, 4) is 0 Å². The van der Waals surface area contributed by atoms with Gasteiger partial charge in [0.05, 0.1) is 0 Å². The van der Waals surface area contributed by atoms with Crippen molar-refractivity contribution in [2.75, 3.05) is 0 Å². The minimum atomic E-state index is -0.701. The molecule has 1 aromatic heterocycles. The van der Waals surface area contributed by atoms with Gasteiger partial charge >= 0.3 is 5.97 Å². The van der Waals surface area contributed by atoms with Crippen molar-refractivity contribution in [2.45, 2.75) is 19.1 Å². The number of carbonyl (C=O) groups excluding carboxylic acids is 1. The molecule has 1 heterocycles. The summed E-state index contributed by atoms with van der Waals surface area (Å²) >= 11 is 5.90. The third-order valence-corrected chi connectivity index (χ3v) is 3.92. The topological polar surface area (TPSA) is 68.1 Å². The highest BCUT2D eigenvalue weighted by Crippen LogP contribution is 2.19. The van der Waals surface area contributed by atoms with E-state index in [9.17, 15) is 4.79 Å². The lowest BCUT2D eigenvalue weighted by atomic mass is 10.1. The Morgan fingerprint density at radius 3 is 2.87 bits per heavy atom. The van der Waals surface area contributed by atoms with E-state index in [2.05, 4.69) is 4.98 Å². The van der Waals surface area contributed by atoms with Crippen LogP contribution < -0.4 is 5.73 Å². The molecular formula is C18H17ClN2O2. The molecule has 0 radical (unpaired) electrons. The molecule has 2 aromatic carbocycles. The van der Waals surface area contributed by atoms with Gasteiger partial charge in [0.25, 0.3) is 0 Å². The molecule has 0 bridgehead atoms. The Bertz CT molecular complexity index is 829. The summed E-state index contributed by atoms with van der Waals surface area (Å²) in [5.74, 6) is -0.421. The third-order valence-electron chi connectivity index (χ3n) is 3.69. The number of fused-ring (bicyclic) bond motifs is 1. The molecule has 5 heteroatoms. The van der Waals surface area contributed by atoms with E-state index in [-0.39, 0.29) is 6.61 Å². The van der Waals surface area contributed by atoms with Gasteiger partial charge < -0.3 is 15.5 Å². The van der Waals surface area contributed by atoms with Crippen LogP contribution >= 0.6 is 11.6 Å². The minimum absolute atomic E-state index is 0.168. The predicted octanol–water partition coefficient (Wildman–Crippen LogP) is 3.43. The molecule has 0 aliphatic carbocycles. The number of esters is 1. The molecule has 0 spiro atoms. The second-order valence-corrected chi connectivity index (χ2v) is 5.84. The highest BCUT2D eigenvalue weighted by Gasteiger charge is 2.17. The van der Waals surface area contributed by atoms with Crippen molar-refractivity contribution in [2.24, 2.45) is 5.73 Å². The molecule has 3 rings (SSSR count). The molecular weight excluding hydrogens is 312 g/mol. The number of aromatic nitrogens is 1. The number of carbonyl (C=O) groups is 1. The van der Waals surface area contributed by atoms with Crippen molar-refractivity contribution >= 4 is 28.5 Å². The van der Waals surface area contributed by atoms with Gasteiger partial charge in [0, 0.05) is 28.5 Å². The number of nitrogens with one attached hydrogen (secondary N) is 1. The van der Waals surface area contributed by atoms with Crippen molar-refractivity contribution in [1.29, 1.82) is 0 Å². The molecule has 4 nitrogen and oxygen atoms in total. The maximum Gasteiger partial charge on any atom is 0.323 e. The third kappa shape index (κ3) is 3.73. The van der Waals surface area contributed by atoms with Gasteiger partial charge in [-0.15, -0.1) is 0 Å². The Labute approximate surface area is 139 Å². The van der Waals surface area contributed by atoms with Gasteiger partial charge in [0.2, 0.25) is 0 Å². The number of nitrogens with two attached hydrogens (primary N) is 1. The second kappa shape index (κ2) is 6.86. The van der Waals surface area contributed by atoms with Crippen LogP contribution in [0.4, 0.5) is 0 Å². The summed E-state index contributed by atoms with van der Waals surface area (Å²) in [5.41, 5.74) is 8.85. The zero-order chi connectivity index (χ0) is 16.2. The normalized spacial score (nSPS) is 12.3. The number of halogens is 1. The van der Waals surface area contributed by atoms with Gasteiger partial charge in [0.15, 0.2) is 0 Å². The summed E-state index contributed by atoms with van der Waals surface area (Å²) in [6.45, 7) is 0.168. The van der Waals surface area contributed by atoms with E-state index >= 15 is 0 Å². The first-order valence-electron chi connectivity index (χ1n) is 7.35. The lowest BCUT2D eigenvalue weighted by Gasteiger charge is -2.11. The van der Waals surface area contributed by atoms with Crippen LogP contribution in [0.2, 0.25) is 5.02 Å². The summed E-state index contributed by atoms with van der Waals surface area (Å²) in [6.07, 6.45) is 2.31. The zero-order valence-corrected chi connectivity index (χ0v) is 13.2. The summed E-state index contributed by atoms with van der Waals surface area (Å²) in [4.78, 5) is 15.2. The first-order chi connectivity index (χ1) is 11.1. The number of ether oxygens (including phenoxy) is 1. The van der Waals surface area contributed by atoms with E-state index < -0.39 is 12.0 Å².